The van der Waals surface area contributed by atoms with E-state index < -0.39 is 17.8 Å². The van der Waals surface area contributed by atoms with Crippen molar-refractivity contribution in [1.82, 2.24) is 20.0 Å². The third-order valence-electron chi connectivity index (χ3n) is 6.22. The van der Waals surface area contributed by atoms with Crippen LogP contribution >= 0.6 is 0 Å². The van der Waals surface area contributed by atoms with E-state index in [1.165, 1.54) is 18.2 Å². The number of hydrogen-bond acceptors (Lipinski definition) is 4. The molecule has 0 spiro atoms. The summed E-state index contributed by atoms with van der Waals surface area (Å²) in [5.74, 6) is 5.80. The molecule has 2 heterocycles. The average molecular weight is 461 g/mol. The van der Waals surface area contributed by atoms with Crippen LogP contribution in [0.2, 0.25) is 0 Å². The first-order chi connectivity index (χ1) is 16.3. The fourth-order valence-corrected chi connectivity index (χ4v) is 4.09. The van der Waals surface area contributed by atoms with Gasteiger partial charge < -0.3 is 15.3 Å². The Bertz CT molecular complexity index is 1230. The number of aromatic hydroxyl groups is 1. The summed E-state index contributed by atoms with van der Waals surface area (Å²) < 4.78 is 15.6. The van der Waals surface area contributed by atoms with Crippen LogP contribution in [-0.4, -0.2) is 45.8 Å². The number of likely N-dealkylation sites (tertiary alicyclic amines) is 1. The Labute approximate surface area is 199 Å². The molecule has 1 unspecified atom stereocenters. The largest absolute Gasteiger partial charge is 0.508 e. The van der Waals surface area contributed by atoms with Gasteiger partial charge in [0.15, 0.2) is 5.69 Å². The lowest BCUT2D eigenvalue weighted by atomic mass is 9.96. The zero-order valence-corrected chi connectivity index (χ0v) is 19.7. The van der Waals surface area contributed by atoms with E-state index in [1.54, 1.807) is 17.8 Å². The number of halogens is 1. The molecule has 176 valence electrons. The van der Waals surface area contributed by atoms with Crippen molar-refractivity contribution in [3.8, 4) is 17.6 Å². The van der Waals surface area contributed by atoms with Crippen molar-refractivity contribution in [1.29, 1.82) is 0 Å². The van der Waals surface area contributed by atoms with Gasteiger partial charge in [-0.1, -0.05) is 35.7 Å². The molecule has 4 rings (SSSR count). The summed E-state index contributed by atoms with van der Waals surface area (Å²) in [6.45, 7) is 4.02. The minimum absolute atomic E-state index is 0.0991. The molecule has 1 fully saturated rings. The Morgan fingerprint density at radius 3 is 2.56 bits per heavy atom. The number of piperidine rings is 1. The summed E-state index contributed by atoms with van der Waals surface area (Å²) in [6, 6.07) is 12.1. The number of carbonyl (C=O) groups excluding carboxylic acids is 1. The molecule has 1 amide bonds. The molecule has 0 radical (unpaired) electrons. The maximum Gasteiger partial charge on any atom is 0.272 e. The zero-order chi connectivity index (χ0) is 24.2. The molecule has 7 heteroatoms. The third kappa shape index (κ3) is 5.46. The number of nitrogens with zero attached hydrogens (tertiary/aromatic N) is 3. The highest BCUT2D eigenvalue weighted by Gasteiger charge is 2.23. The lowest BCUT2D eigenvalue weighted by molar-refractivity contribution is 0.0937. The van der Waals surface area contributed by atoms with Crippen LogP contribution in [0, 0.1) is 30.5 Å². The average Bonchev–Trinajstić information content (AvgIpc) is 3.20. The first kappa shape index (κ1) is 23.5. The molecule has 0 aliphatic carbocycles. The van der Waals surface area contributed by atoms with Crippen molar-refractivity contribution in [2.75, 3.05) is 20.1 Å². The van der Waals surface area contributed by atoms with Gasteiger partial charge in [-0.05, 0) is 69.6 Å². The first-order valence-electron chi connectivity index (χ1n) is 11.4. The fourth-order valence-electron chi connectivity index (χ4n) is 4.09. The van der Waals surface area contributed by atoms with Crippen LogP contribution in [0.4, 0.5) is 4.39 Å². The minimum atomic E-state index is -0.750. The van der Waals surface area contributed by atoms with Crippen LogP contribution in [0.5, 0.6) is 5.75 Å². The maximum atomic E-state index is 14.0. The van der Waals surface area contributed by atoms with Gasteiger partial charge in [0.05, 0.1) is 6.04 Å². The number of phenolic OH excluding ortho intramolecular Hbond substituents is 1. The van der Waals surface area contributed by atoms with Gasteiger partial charge in [-0.3, -0.25) is 9.48 Å². The quantitative estimate of drug-likeness (QED) is 0.582. The predicted octanol–water partition coefficient (Wildman–Crippen LogP) is 3.79. The van der Waals surface area contributed by atoms with Crippen molar-refractivity contribution >= 4 is 5.91 Å². The molecule has 1 aliphatic rings. The molecule has 2 N–H and O–H groups in total. The number of amides is 1. The SMILES string of the molecule is Cc1ccc(C(NC(=O)c2cc(C#CC3CCN(C)CC3)n(C)n2)c2cc(F)ccc2O)cc1. The second kappa shape index (κ2) is 10.1. The number of carbonyl (C=O) groups is 1. The Morgan fingerprint density at radius 2 is 1.85 bits per heavy atom. The molecule has 2 aromatic carbocycles. The third-order valence-corrected chi connectivity index (χ3v) is 6.22. The van der Waals surface area contributed by atoms with Gasteiger partial charge in [-0.15, -0.1) is 0 Å². The van der Waals surface area contributed by atoms with E-state index >= 15 is 0 Å². The molecule has 1 aliphatic heterocycles. The second-order valence-electron chi connectivity index (χ2n) is 8.91. The van der Waals surface area contributed by atoms with Crippen LogP contribution < -0.4 is 5.32 Å². The van der Waals surface area contributed by atoms with Gasteiger partial charge in [-0.25, -0.2) is 4.39 Å². The van der Waals surface area contributed by atoms with Gasteiger partial charge in [0.2, 0.25) is 0 Å². The first-order valence-corrected chi connectivity index (χ1v) is 11.4. The van der Waals surface area contributed by atoms with Crippen molar-refractivity contribution in [2.24, 2.45) is 13.0 Å². The molecule has 0 bridgehead atoms. The summed E-state index contributed by atoms with van der Waals surface area (Å²) in [5.41, 5.74) is 2.91. The van der Waals surface area contributed by atoms with Gasteiger partial charge in [0, 0.05) is 24.6 Å². The van der Waals surface area contributed by atoms with Crippen LogP contribution in [0.15, 0.2) is 48.5 Å². The van der Waals surface area contributed by atoms with Crippen molar-refractivity contribution in [3.63, 3.8) is 0 Å². The summed E-state index contributed by atoms with van der Waals surface area (Å²) >= 11 is 0. The molecular weight excluding hydrogens is 431 g/mol. The van der Waals surface area contributed by atoms with Crippen LogP contribution in [0.3, 0.4) is 0 Å². The van der Waals surface area contributed by atoms with E-state index in [-0.39, 0.29) is 17.0 Å². The summed E-state index contributed by atoms with van der Waals surface area (Å²) in [7, 11) is 3.87. The van der Waals surface area contributed by atoms with E-state index in [9.17, 15) is 14.3 Å². The molecule has 0 saturated carbocycles. The normalized spacial score (nSPS) is 15.4. The molecule has 1 aromatic heterocycles. The van der Waals surface area contributed by atoms with Gasteiger partial charge >= 0.3 is 0 Å². The van der Waals surface area contributed by atoms with Crippen molar-refractivity contribution in [3.05, 3.63) is 82.4 Å². The maximum absolute atomic E-state index is 14.0. The summed E-state index contributed by atoms with van der Waals surface area (Å²) in [4.78, 5) is 15.5. The van der Waals surface area contributed by atoms with E-state index in [2.05, 4.69) is 34.2 Å². The molecule has 1 atom stereocenters. The molecule has 1 saturated heterocycles. The Hall–Kier alpha value is -3.63. The van der Waals surface area contributed by atoms with E-state index in [4.69, 9.17) is 0 Å². The number of phenols is 1. The van der Waals surface area contributed by atoms with E-state index in [1.807, 2.05) is 31.2 Å². The van der Waals surface area contributed by atoms with Gasteiger partial charge in [0.25, 0.3) is 5.91 Å². The van der Waals surface area contributed by atoms with Crippen molar-refractivity contribution < 1.29 is 14.3 Å². The molecule has 3 aromatic rings. The fraction of sp³-hybridized carbons (Fsp3) is 0.333. The van der Waals surface area contributed by atoms with Crippen molar-refractivity contribution in [2.45, 2.75) is 25.8 Å². The zero-order valence-electron chi connectivity index (χ0n) is 19.7. The summed E-state index contributed by atoms with van der Waals surface area (Å²) in [5, 5.41) is 17.7. The standard InChI is InChI=1S/C27H29FN4O2/c1-18-4-7-20(8-5-18)26(23-16-21(28)9-11-25(23)33)29-27(34)24-17-22(32(3)30-24)10-6-19-12-14-31(2)15-13-19/h4-5,7-9,11,16-17,19,26,33H,12-15H2,1-3H3,(H,29,34). The Kier molecular flexibility index (Phi) is 6.99. The highest BCUT2D eigenvalue weighted by molar-refractivity contribution is 5.93. The number of aromatic nitrogens is 2. The van der Waals surface area contributed by atoms with Crippen LogP contribution in [0.25, 0.3) is 0 Å². The lowest BCUT2D eigenvalue weighted by Gasteiger charge is -2.25. The van der Waals surface area contributed by atoms with Crippen LogP contribution in [0.1, 0.15) is 51.8 Å². The van der Waals surface area contributed by atoms with Gasteiger partial charge in [0.1, 0.15) is 17.3 Å². The molecule has 34 heavy (non-hydrogen) atoms. The highest BCUT2D eigenvalue weighted by Crippen LogP contribution is 2.30. The number of benzene rings is 2. The molecule has 6 nitrogen and oxygen atoms in total. The minimum Gasteiger partial charge on any atom is -0.508 e. The monoisotopic (exact) mass is 460 g/mol. The topological polar surface area (TPSA) is 70.4 Å². The Balaban J connectivity index is 1.58. The Morgan fingerprint density at radius 1 is 1.15 bits per heavy atom. The predicted molar refractivity (Wildman–Crippen MR) is 129 cm³/mol. The summed E-state index contributed by atoms with van der Waals surface area (Å²) in [6.07, 6.45) is 2.06. The number of hydrogen-bond donors (Lipinski definition) is 2. The van der Waals surface area contributed by atoms with Crippen LogP contribution in [-0.2, 0) is 7.05 Å². The smallest absolute Gasteiger partial charge is 0.272 e. The number of nitrogens with one attached hydrogen (secondary N) is 1. The second-order valence-corrected chi connectivity index (χ2v) is 8.91. The number of aryl methyl sites for hydroxylation is 2. The van der Waals surface area contributed by atoms with E-state index in [0.717, 1.165) is 37.1 Å². The molecular formula is C27H29FN4O2. The van der Waals surface area contributed by atoms with E-state index in [0.29, 0.717) is 11.6 Å². The highest BCUT2D eigenvalue weighted by atomic mass is 19.1. The lowest BCUT2D eigenvalue weighted by Crippen LogP contribution is -2.30. The number of rotatable bonds is 4. The van der Waals surface area contributed by atoms with Gasteiger partial charge in [-0.2, -0.15) is 5.10 Å².